The van der Waals surface area contributed by atoms with E-state index in [1.807, 2.05) is 48.5 Å². The molecule has 0 N–H and O–H groups in total. The quantitative estimate of drug-likeness (QED) is 0.424. The van der Waals surface area contributed by atoms with Gasteiger partial charge in [0.05, 0.1) is 27.2 Å². The maximum Gasteiger partial charge on any atom is 0.279 e. The Bertz CT molecular complexity index is 1130. The van der Waals surface area contributed by atoms with Crippen molar-refractivity contribution in [2.45, 2.75) is 0 Å². The van der Waals surface area contributed by atoms with Crippen LogP contribution in [0, 0.1) is 10.1 Å². The Morgan fingerprint density at radius 1 is 0.720 bits per heavy atom. The molecule has 0 aliphatic rings. The molecular weight excluding hydrogens is 318 g/mol. The average Bonchev–Trinajstić information content (AvgIpc) is 2.95. The maximum atomic E-state index is 12.9. The van der Waals surface area contributed by atoms with Gasteiger partial charge < -0.3 is 0 Å². The molecule has 0 saturated heterocycles. The lowest BCUT2D eigenvalue weighted by Crippen LogP contribution is -2.20. The lowest BCUT2D eigenvalue weighted by molar-refractivity contribution is -0.384. The number of non-ortho nitro benzene ring substituents is 1. The van der Waals surface area contributed by atoms with Crippen molar-refractivity contribution in [1.82, 2.24) is 9.36 Å². The van der Waals surface area contributed by atoms with Crippen LogP contribution in [0.25, 0.3) is 22.3 Å². The third-order valence-corrected chi connectivity index (χ3v) is 4.06. The smallest absolute Gasteiger partial charge is 0.267 e. The summed E-state index contributed by atoms with van der Waals surface area (Å²) in [5, 5.41) is 11.5. The van der Waals surface area contributed by atoms with Crippen molar-refractivity contribution in [2.75, 3.05) is 0 Å². The molecule has 1 heterocycles. The number of nitrogens with zero attached hydrogens (tertiary/aromatic N) is 3. The van der Waals surface area contributed by atoms with E-state index >= 15 is 0 Å². The average molecular weight is 331 g/mol. The van der Waals surface area contributed by atoms with Gasteiger partial charge in [-0.1, -0.05) is 30.3 Å². The van der Waals surface area contributed by atoms with E-state index in [0.717, 1.165) is 11.2 Å². The molecule has 0 aliphatic carbocycles. The standard InChI is InChI=1S/C19H13N3O3/c23-19-17-8-4-5-9-18(17)20(21(19)14-6-2-1-3-7-14)15-10-12-16(13-11-15)22(24)25/h1-13H. The van der Waals surface area contributed by atoms with Gasteiger partial charge in [0.1, 0.15) is 0 Å². The van der Waals surface area contributed by atoms with Gasteiger partial charge in [-0.2, -0.15) is 0 Å². The summed E-state index contributed by atoms with van der Waals surface area (Å²) in [7, 11) is 0. The largest absolute Gasteiger partial charge is 0.279 e. The number of nitro groups is 1. The van der Waals surface area contributed by atoms with Crippen LogP contribution >= 0.6 is 0 Å². The number of hydrogen-bond donors (Lipinski definition) is 0. The van der Waals surface area contributed by atoms with Gasteiger partial charge in [-0.25, -0.2) is 9.36 Å². The normalized spacial score (nSPS) is 10.9. The Kier molecular flexibility index (Phi) is 3.43. The van der Waals surface area contributed by atoms with E-state index in [0.29, 0.717) is 11.1 Å². The van der Waals surface area contributed by atoms with Gasteiger partial charge in [0.15, 0.2) is 0 Å². The first-order valence-corrected chi connectivity index (χ1v) is 7.70. The van der Waals surface area contributed by atoms with E-state index in [9.17, 15) is 14.9 Å². The SMILES string of the molecule is O=c1c2ccccc2n(-c2ccc([N+](=O)[O-])cc2)n1-c1ccccc1. The molecule has 0 unspecified atom stereocenters. The van der Waals surface area contributed by atoms with Crippen LogP contribution in [0.3, 0.4) is 0 Å². The molecule has 25 heavy (non-hydrogen) atoms. The van der Waals surface area contributed by atoms with E-state index < -0.39 is 4.92 Å². The number of aromatic nitrogens is 2. The first-order chi connectivity index (χ1) is 12.2. The lowest BCUT2D eigenvalue weighted by atomic mass is 10.2. The van der Waals surface area contributed by atoms with E-state index in [4.69, 9.17) is 0 Å². The Morgan fingerprint density at radius 2 is 1.32 bits per heavy atom. The second-order valence-corrected chi connectivity index (χ2v) is 5.55. The maximum absolute atomic E-state index is 12.9. The second kappa shape index (κ2) is 5.76. The second-order valence-electron chi connectivity index (χ2n) is 5.55. The van der Waals surface area contributed by atoms with Gasteiger partial charge >= 0.3 is 0 Å². The highest BCUT2D eigenvalue weighted by Gasteiger charge is 2.16. The molecule has 0 bridgehead atoms. The first kappa shape index (κ1) is 14.9. The van der Waals surface area contributed by atoms with Gasteiger partial charge in [-0.3, -0.25) is 14.9 Å². The van der Waals surface area contributed by atoms with Gasteiger partial charge in [-0.15, -0.1) is 0 Å². The molecular formula is C19H13N3O3. The fourth-order valence-corrected chi connectivity index (χ4v) is 2.92. The lowest BCUT2D eigenvalue weighted by Gasteiger charge is -2.12. The molecule has 0 amide bonds. The number of hydrogen-bond acceptors (Lipinski definition) is 3. The molecule has 4 aromatic rings. The summed E-state index contributed by atoms with van der Waals surface area (Å²) < 4.78 is 3.35. The number of rotatable bonds is 3. The Morgan fingerprint density at radius 3 is 2.00 bits per heavy atom. The predicted octanol–water partition coefficient (Wildman–Crippen LogP) is 3.69. The fraction of sp³-hybridized carbons (Fsp3) is 0. The summed E-state index contributed by atoms with van der Waals surface area (Å²) >= 11 is 0. The van der Waals surface area contributed by atoms with Crippen LogP contribution in [0.1, 0.15) is 0 Å². The van der Waals surface area contributed by atoms with E-state index in [1.54, 1.807) is 27.6 Å². The Labute approximate surface area is 142 Å². The minimum absolute atomic E-state index is 0.00817. The third-order valence-electron chi connectivity index (χ3n) is 4.06. The number of nitro benzene ring substituents is 1. The van der Waals surface area contributed by atoms with Crippen LogP contribution in [0.4, 0.5) is 5.69 Å². The predicted molar refractivity (Wildman–Crippen MR) is 95.5 cm³/mol. The molecule has 0 radical (unpaired) electrons. The van der Waals surface area contributed by atoms with Crippen LogP contribution in [0.2, 0.25) is 0 Å². The zero-order chi connectivity index (χ0) is 17.4. The molecule has 4 rings (SSSR count). The van der Waals surface area contributed by atoms with Crippen molar-refractivity contribution in [3.8, 4) is 11.4 Å². The molecule has 0 atom stereocenters. The van der Waals surface area contributed by atoms with Crippen molar-refractivity contribution in [3.05, 3.63) is 99.3 Å². The molecule has 122 valence electrons. The highest BCUT2D eigenvalue weighted by molar-refractivity contribution is 5.81. The van der Waals surface area contributed by atoms with Crippen LogP contribution in [-0.4, -0.2) is 14.3 Å². The molecule has 0 saturated carbocycles. The number of benzene rings is 3. The van der Waals surface area contributed by atoms with Crippen LogP contribution in [0.5, 0.6) is 0 Å². The zero-order valence-electron chi connectivity index (χ0n) is 13.1. The molecule has 6 heteroatoms. The summed E-state index contributed by atoms with van der Waals surface area (Å²) in [5.41, 5.74) is 2.01. The third kappa shape index (κ3) is 2.40. The summed E-state index contributed by atoms with van der Waals surface area (Å²) in [6, 6.07) is 22.8. The van der Waals surface area contributed by atoms with Gasteiger partial charge in [0.2, 0.25) is 0 Å². The van der Waals surface area contributed by atoms with Crippen LogP contribution in [-0.2, 0) is 0 Å². The zero-order valence-corrected chi connectivity index (χ0v) is 13.1. The summed E-state index contributed by atoms with van der Waals surface area (Å²) in [6.07, 6.45) is 0. The summed E-state index contributed by atoms with van der Waals surface area (Å²) in [6.45, 7) is 0. The molecule has 6 nitrogen and oxygen atoms in total. The molecule has 3 aromatic carbocycles. The number of fused-ring (bicyclic) bond motifs is 1. The van der Waals surface area contributed by atoms with Crippen LogP contribution < -0.4 is 5.56 Å². The van der Waals surface area contributed by atoms with Crippen molar-refractivity contribution < 1.29 is 4.92 Å². The minimum atomic E-state index is -0.443. The molecule has 0 fully saturated rings. The van der Waals surface area contributed by atoms with Crippen molar-refractivity contribution >= 4 is 16.6 Å². The molecule has 1 aromatic heterocycles. The van der Waals surface area contributed by atoms with Gasteiger partial charge in [0.25, 0.3) is 11.2 Å². The van der Waals surface area contributed by atoms with Crippen molar-refractivity contribution in [1.29, 1.82) is 0 Å². The highest BCUT2D eigenvalue weighted by atomic mass is 16.6. The van der Waals surface area contributed by atoms with Gasteiger partial charge in [-0.05, 0) is 36.4 Å². The summed E-state index contributed by atoms with van der Waals surface area (Å²) in [4.78, 5) is 23.4. The Balaban J connectivity index is 2.05. The topological polar surface area (TPSA) is 70.1 Å². The minimum Gasteiger partial charge on any atom is -0.267 e. The highest BCUT2D eigenvalue weighted by Crippen LogP contribution is 2.22. The molecule has 0 aliphatic heterocycles. The van der Waals surface area contributed by atoms with Crippen molar-refractivity contribution in [3.63, 3.8) is 0 Å². The Hall–Kier alpha value is -3.67. The fourth-order valence-electron chi connectivity index (χ4n) is 2.92. The van der Waals surface area contributed by atoms with Gasteiger partial charge in [0, 0.05) is 12.1 Å². The summed E-state index contributed by atoms with van der Waals surface area (Å²) in [5.74, 6) is 0. The first-order valence-electron chi connectivity index (χ1n) is 7.70. The van der Waals surface area contributed by atoms with E-state index in [-0.39, 0.29) is 11.2 Å². The van der Waals surface area contributed by atoms with Crippen molar-refractivity contribution in [2.24, 2.45) is 0 Å². The van der Waals surface area contributed by atoms with E-state index in [2.05, 4.69) is 0 Å². The monoisotopic (exact) mass is 331 g/mol. The molecule has 0 spiro atoms. The van der Waals surface area contributed by atoms with Crippen LogP contribution in [0.15, 0.2) is 83.7 Å². The number of para-hydroxylation sites is 2. The van der Waals surface area contributed by atoms with E-state index in [1.165, 1.54) is 12.1 Å².